The van der Waals surface area contributed by atoms with Crippen molar-refractivity contribution in [3.8, 4) is 0 Å². The number of aliphatic hydroxyl groups excluding tert-OH is 1. The molecular formula is C22H26N10O10P2S2. The van der Waals surface area contributed by atoms with Gasteiger partial charge in [0, 0.05) is 6.42 Å². The Morgan fingerprint density at radius 1 is 0.870 bits per heavy atom. The molecule has 0 radical (unpaired) electrons. The second kappa shape index (κ2) is 11.0. The Morgan fingerprint density at radius 2 is 1.50 bits per heavy atom. The Morgan fingerprint density at radius 3 is 2.17 bits per heavy atom. The Balaban J connectivity index is 1.11. The van der Waals surface area contributed by atoms with Crippen LogP contribution in [-0.2, 0) is 41.4 Å². The molecule has 4 aromatic rings. The number of ether oxygens (including phenoxy) is 3. The minimum absolute atomic E-state index is 0.00525. The van der Waals surface area contributed by atoms with Crippen LogP contribution in [0.25, 0.3) is 22.3 Å². The minimum atomic E-state index is -4.18. The molecule has 4 bridgehead atoms. The summed E-state index contributed by atoms with van der Waals surface area (Å²) in [6.45, 7) is -9.06. The van der Waals surface area contributed by atoms with Crippen molar-refractivity contribution in [2.24, 2.45) is 0 Å². The SMILES string of the molecule is Nc1ncnc2c1ncn2C1O[C@]23CCO[P@](=O)(S)O[C@@H]4[C@H](O)[C@@H](CO[P@@](=O)(S)O[C@H]2C1OC3)O[C@H]4n1cnc2c(N)ncnc21. The molecule has 0 spiro atoms. The van der Waals surface area contributed by atoms with Gasteiger partial charge in [-0.1, -0.05) is 24.5 Å². The van der Waals surface area contributed by atoms with Crippen molar-refractivity contribution in [3.05, 3.63) is 25.3 Å². The lowest BCUT2D eigenvalue weighted by atomic mass is 9.96. The van der Waals surface area contributed by atoms with Crippen LogP contribution >= 0.6 is 38.1 Å². The number of aliphatic hydroxyl groups is 1. The molecule has 4 aromatic heterocycles. The first-order chi connectivity index (χ1) is 22.0. The lowest BCUT2D eigenvalue weighted by molar-refractivity contribution is -0.176. The third-order valence-corrected chi connectivity index (χ3v) is 11.5. The minimum Gasteiger partial charge on any atom is -0.387 e. The second-order valence-corrected chi connectivity index (χ2v) is 16.7. The fourth-order valence-corrected chi connectivity index (χ4v) is 9.15. The first-order valence-corrected chi connectivity index (χ1v) is 19.1. The summed E-state index contributed by atoms with van der Waals surface area (Å²) in [7, 11) is 0. The highest BCUT2D eigenvalue weighted by molar-refractivity contribution is 8.44. The van der Waals surface area contributed by atoms with Gasteiger partial charge in [-0.05, 0) is 0 Å². The van der Waals surface area contributed by atoms with Crippen molar-refractivity contribution >= 4 is 72.1 Å². The van der Waals surface area contributed by atoms with E-state index in [1.54, 1.807) is 4.57 Å². The van der Waals surface area contributed by atoms with Gasteiger partial charge in [0.05, 0.1) is 32.5 Å². The molecule has 24 heteroatoms. The first kappa shape index (κ1) is 30.8. The molecule has 0 aliphatic carbocycles. The van der Waals surface area contributed by atoms with Crippen LogP contribution in [-0.4, -0.2) is 100 Å². The molecule has 4 fully saturated rings. The lowest BCUT2D eigenvalue weighted by Gasteiger charge is -2.32. The molecule has 46 heavy (non-hydrogen) atoms. The molecule has 5 N–H and O–H groups in total. The Kier molecular flexibility index (Phi) is 7.40. The average Bonchev–Trinajstić information content (AvgIpc) is 3.81. The zero-order chi connectivity index (χ0) is 32.0. The highest BCUT2D eigenvalue weighted by atomic mass is 32.7. The highest BCUT2D eigenvalue weighted by Gasteiger charge is 2.64. The largest absolute Gasteiger partial charge is 0.387 e. The molecule has 4 saturated heterocycles. The van der Waals surface area contributed by atoms with E-state index in [4.69, 9.17) is 43.8 Å². The van der Waals surface area contributed by atoms with Crippen molar-refractivity contribution in [2.75, 3.05) is 31.3 Å². The summed E-state index contributed by atoms with van der Waals surface area (Å²) in [5.41, 5.74) is 11.9. The Hall–Kier alpha value is -2.46. The molecular weight excluding hydrogens is 690 g/mol. The van der Waals surface area contributed by atoms with Crippen LogP contribution in [0.1, 0.15) is 18.9 Å². The van der Waals surface area contributed by atoms with Gasteiger partial charge in [0.2, 0.25) is 0 Å². The number of nitrogen functional groups attached to an aromatic ring is 2. The van der Waals surface area contributed by atoms with Gasteiger partial charge in [0.15, 0.2) is 35.4 Å². The van der Waals surface area contributed by atoms with Gasteiger partial charge < -0.3 is 35.3 Å². The number of imidazole rings is 2. The monoisotopic (exact) mass is 716 g/mol. The van der Waals surface area contributed by atoms with Gasteiger partial charge in [-0.25, -0.2) is 39.0 Å². The quantitative estimate of drug-likeness (QED) is 0.143. The fourth-order valence-electron chi connectivity index (χ4n) is 6.16. The number of fused-ring (bicyclic) bond motifs is 4. The van der Waals surface area contributed by atoms with E-state index in [1.807, 2.05) is 0 Å². The van der Waals surface area contributed by atoms with Crippen molar-refractivity contribution < 1.29 is 46.5 Å². The number of anilines is 2. The van der Waals surface area contributed by atoms with Gasteiger partial charge >= 0.3 is 13.6 Å². The molecule has 10 atom stereocenters. The summed E-state index contributed by atoms with van der Waals surface area (Å²) in [5.74, 6) is 0.285. The number of nitrogens with two attached hydrogens (primary N) is 2. The molecule has 2 unspecified atom stereocenters. The van der Waals surface area contributed by atoms with Crippen molar-refractivity contribution in [1.82, 2.24) is 39.0 Å². The molecule has 246 valence electrons. The van der Waals surface area contributed by atoms with Gasteiger partial charge in [0.1, 0.15) is 59.8 Å². The van der Waals surface area contributed by atoms with E-state index in [2.05, 4.69) is 54.4 Å². The number of hydrogen-bond acceptors (Lipinski definition) is 18. The third-order valence-electron chi connectivity index (χ3n) is 8.29. The molecule has 4 aliphatic heterocycles. The van der Waals surface area contributed by atoms with Crippen molar-refractivity contribution in [2.45, 2.75) is 55.0 Å². The second-order valence-electron chi connectivity index (χ2n) is 11.0. The molecule has 0 saturated carbocycles. The first-order valence-electron chi connectivity index (χ1n) is 13.8. The number of thiol groups is 2. The molecule has 4 aliphatic rings. The predicted octanol–water partition coefficient (Wildman–Crippen LogP) is 1.04. The number of rotatable bonds is 2. The highest BCUT2D eigenvalue weighted by Crippen LogP contribution is 2.62. The van der Waals surface area contributed by atoms with Gasteiger partial charge in [0.25, 0.3) is 0 Å². The predicted molar refractivity (Wildman–Crippen MR) is 161 cm³/mol. The standard InChI is InChI=1S/C22H26N10O10P2S2/c23-16-10-18(27-5-25-16)31(7-29-10)20-13-12(33)9(39-20)3-38-44(35,46)42-15-14-21(32-8-30-11-17(24)26-6-28-19(11)32)40-22(15,4-36-14)1-2-37-43(34,45)41-13/h5-9,12-15,20-21,33H,1-4H2,(H,34,45)(H,35,46)(H2,23,25,27)(H2,24,26,28)/t9-,12-,13-,14?,15+,20-,21?,22+,43+,44-/m1/s1. The topological polar surface area (TPSA) is 258 Å². The molecule has 0 aromatic carbocycles. The van der Waals surface area contributed by atoms with Crippen LogP contribution in [0.15, 0.2) is 25.3 Å². The Bertz CT molecular complexity index is 1940. The lowest BCUT2D eigenvalue weighted by Crippen LogP contribution is -2.42. The number of aromatic nitrogens is 8. The maximum atomic E-state index is 13.7. The normalized spacial score (nSPS) is 39.9. The maximum absolute atomic E-state index is 13.7. The van der Waals surface area contributed by atoms with Gasteiger partial charge in [-0.3, -0.25) is 22.7 Å². The number of nitrogens with zero attached hydrogens (tertiary/aromatic N) is 8. The Labute approximate surface area is 268 Å². The van der Waals surface area contributed by atoms with Crippen LogP contribution in [0, 0.1) is 0 Å². The van der Waals surface area contributed by atoms with E-state index in [-0.39, 0.29) is 42.4 Å². The van der Waals surface area contributed by atoms with Crippen LogP contribution in [0.5, 0.6) is 0 Å². The zero-order valence-electron chi connectivity index (χ0n) is 23.3. The summed E-state index contributed by atoms with van der Waals surface area (Å²) < 4.78 is 72.0. The molecule has 8 rings (SSSR count). The maximum Gasteiger partial charge on any atom is 0.386 e. The summed E-state index contributed by atoms with van der Waals surface area (Å²) in [6, 6.07) is 0. The van der Waals surface area contributed by atoms with Crippen LogP contribution < -0.4 is 11.5 Å². The van der Waals surface area contributed by atoms with Gasteiger partial charge in [-0.15, -0.1) is 0 Å². The molecule has 20 nitrogen and oxygen atoms in total. The van der Waals surface area contributed by atoms with Crippen molar-refractivity contribution in [3.63, 3.8) is 0 Å². The van der Waals surface area contributed by atoms with E-state index in [9.17, 15) is 14.2 Å². The van der Waals surface area contributed by atoms with E-state index in [1.165, 1.54) is 29.9 Å². The van der Waals surface area contributed by atoms with Crippen molar-refractivity contribution in [1.29, 1.82) is 0 Å². The van der Waals surface area contributed by atoms with Crippen LogP contribution in [0.2, 0.25) is 0 Å². The smallest absolute Gasteiger partial charge is 0.386 e. The van der Waals surface area contributed by atoms with Crippen LogP contribution in [0.3, 0.4) is 0 Å². The number of hydrogen-bond donors (Lipinski definition) is 5. The average molecular weight is 717 g/mol. The van der Waals surface area contributed by atoms with E-state index in [0.29, 0.717) is 11.2 Å². The fraction of sp³-hybridized carbons (Fsp3) is 0.545. The zero-order valence-corrected chi connectivity index (χ0v) is 26.9. The molecule has 8 heterocycles. The third kappa shape index (κ3) is 5.03. The summed E-state index contributed by atoms with van der Waals surface area (Å²) in [5, 5.41) is 11.3. The summed E-state index contributed by atoms with van der Waals surface area (Å²) >= 11 is 8.41. The van der Waals surface area contributed by atoms with E-state index >= 15 is 0 Å². The summed E-state index contributed by atoms with van der Waals surface area (Å²) in [6.07, 6.45) is -2.50. The van der Waals surface area contributed by atoms with E-state index in [0.717, 1.165) is 0 Å². The van der Waals surface area contributed by atoms with E-state index < -0.39 is 68.8 Å². The molecule has 0 amide bonds. The summed E-state index contributed by atoms with van der Waals surface area (Å²) in [4.78, 5) is 24.9. The van der Waals surface area contributed by atoms with Gasteiger partial charge in [-0.2, -0.15) is 0 Å². The van der Waals surface area contributed by atoms with Crippen LogP contribution in [0.4, 0.5) is 11.6 Å².